The van der Waals surface area contributed by atoms with Crippen molar-refractivity contribution in [2.24, 2.45) is 5.92 Å². The zero-order valence-corrected chi connectivity index (χ0v) is 16.1. The number of nitrogens with one attached hydrogen (secondary N) is 2. The number of nitrogens with zero attached hydrogens (tertiary/aromatic N) is 3. The maximum atomic E-state index is 12.8. The third-order valence-corrected chi connectivity index (χ3v) is 5.24. The van der Waals surface area contributed by atoms with E-state index in [4.69, 9.17) is 0 Å². The molecule has 2 N–H and O–H groups in total. The first kappa shape index (κ1) is 19.1. The van der Waals surface area contributed by atoms with Crippen LogP contribution in [0.1, 0.15) is 45.4 Å². The Morgan fingerprint density at radius 3 is 2.56 bits per heavy atom. The lowest BCUT2D eigenvalue weighted by atomic mass is 10.0. The zero-order chi connectivity index (χ0) is 19.4. The number of benzene rings is 1. The number of aromatic nitrogens is 3. The molecule has 1 aromatic heterocycles. The third-order valence-electron chi connectivity index (χ3n) is 5.24. The van der Waals surface area contributed by atoms with Gasteiger partial charge in [0.2, 0.25) is 11.8 Å². The number of hydrogen-bond donors (Lipinski definition) is 2. The van der Waals surface area contributed by atoms with Crippen LogP contribution in [0.3, 0.4) is 0 Å². The second-order valence-corrected chi connectivity index (χ2v) is 7.08. The molecule has 1 fully saturated rings. The number of likely N-dealkylation sites (tertiary alicyclic amines) is 1. The average Bonchev–Trinajstić information content (AvgIpc) is 3.30. The predicted molar refractivity (Wildman–Crippen MR) is 103 cm³/mol. The second-order valence-electron chi connectivity index (χ2n) is 7.08. The van der Waals surface area contributed by atoms with Gasteiger partial charge in [-0.3, -0.25) is 14.7 Å². The molecule has 0 radical (unpaired) electrons. The van der Waals surface area contributed by atoms with Crippen LogP contribution in [0.5, 0.6) is 0 Å². The molecule has 2 aromatic rings. The van der Waals surface area contributed by atoms with E-state index in [9.17, 15) is 9.59 Å². The maximum absolute atomic E-state index is 12.8. The summed E-state index contributed by atoms with van der Waals surface area (Å²) in [4.78, 5) is 31.0. The maximum Gasteiger partial charge on any atom is 0.225 e. The Bertz CT molecular complexity index is 785. The van der Waals surface area contributed by atoms with Crippen molar-refractivity contribution in [3.63, 3.8) is 0 Å². The fraction of sp³-hybridized carbons (Fsp3) is 0.500. The average molecular weight is 369 g/mol. The van der Waals surface area contributed by atoms with Crippen molar-refractivity contribution in [3.8, 4) is 11.4 Å². The highest BCUT2D eigenvalue weighted by Gasteiger charge is 2.39. The molecule has 0 aliphatic carbocycles. The van der Waals surface area contributed by atoms with Gasteiger partial charge in [-0.15, -0.1) is 0 Å². The minimum absolute atomic E-state index is 0.0244. The van der Waals surface area contributed by atoms with Gasteiger partial charge in [-0.2, -0.15) is 5.10 Å². The van der Waals surface area contributed by atoms with Gasteiger partial charge in [-0.1, -0.05) is 44.2 Å². The minimum atomic E-state index is -0.169. The molecule has 7 heteroatoms. The van der Waals surface area contributed by atoms with Gasteiger partial charge in [0.05, 0.1) is 12.0 Å². The summed E-state index contributed by atoms with van der Waals surface area (Å²) in [5.41, 5.74) is 0.930. The number of rotatable bonds is 6. The lowest BCUT2D eigenvalue weighted by Crippen LogP contribution is -2.40. The van der Waals surface area contributed by atoms with Gasteiger partial charge in [0, 0.05) is 31.5 Å². The molecule has 1 saturated heterocycles. The summed E-state index contributed by atoms with van der Waals surface area (Å²) in [6.07, 6.45) is 1.64. The summed E-state index contributed by atoms with van der Waals surface area (Å²) in [7, 11) is 0. The van der Waals surface area contributed by atoms with E-state index >= 15 is 0 Å². The zero-order valence-electron chi connectivity index (χ0n) is 16.1. The Morgan fingerprint density at radius 1 is 1.22 bits per heavy atom. The molecule has 2 atom stereocenters. The van der Waals surface area contributed by atoms with Crippen molar-refractivity contribution in [2.45, 2.75) is 45.6 Å². The summed E-state index contributed by atoms with van der Waals surface area (Å²) >= 11 is 0. The molecule has 27 heavy (non-hydrogen) atoms. The van der Waals surface area contributed by atoms with Crippen molar-refractivity contribution in [1.29, 1.82) is 0 Å². The lowest BCUT2D eigenvalue weighted by Gasteiger charge is -2.21. The summed E-state index contributed by atoms with van der Waals surface area (Å²) in [6.45, 7) is 6.60. The summed E-state index contributed by atoms with van der Waals surface area (Å²) in [5.74, 6) is 1.29. The molecule has 7 nitrogen and oxygen atoms in total. The number of amides is 2. The quantitative estimate of drug-likeness (QED) is 0.818. The minimum Gasteiger partial charge on any atom is -0.351 e. The number of hydrogen-bond acceptors (Lipinski definition) is 4. The summed E-state index contributed by atoms with van der Waals surface area (Å²) < 4.78 is 0. The molecule has 1 aliphatic heterocycles. The number of carbonyl (C=O) groups is 2. The lowest BCUT2D eigenvalue weighted by molar-refractivity contribution is -0.135. The fourth-order valence-corrected chi connectivity index (χ4v) is 3.72. The highest BCUT2D eigenvalue weighted by atomic mass is 16.2. The van der Waals surface area contributed by atoms with Crippen molar-refractivity contribution in [2.75, 3.05) is 13.1 Å². The summed E-state index contributed by atoms with van der Waals surface area (Å²) in [6, 6.07) is 9.57. The van der Waals surface area contributed by atoms with E-state index in [1.165, 1.54) is 6.92 Å². The highest BCUT2D eigenvalue weighted by molar-refractivity contribution is 5.80. The number of aromatic amines is 1. The van der Waals surface area contributed by atoms with E-state index in [0.717, 1.165) is 18.4 Å². The van der Waals surface area contributed by atoms with Crippen molar-refractivity contribution >= 4 is 11.8 Å². The first-order valence-electron chi connectivity index (χ1n) is 9.57. The van der Waals surface area contributed by atoms with Crippen LogP contribution in [0.2, 0.25) is 0 Å². The third kappa shape index (κ3) is 4.18. The van der Waals surface area contributed by atoms with E-state index in [2.05, 4.69) is 20.5 Å². The van der Waals surface area contributed by atoms with E-state index in [1.54, 1.807) is 0 Å². The molecular weight excluding hydrogens is 342 g/mol. The molecule has 144 valence electrons. The number of carbonyl (C=O) groups excluding carboxylic acids is 2. The SMILES string of the molecule is CCC(CC)C(=O)N1C[C@@H](NC(C)=O)[C@H](c2nc(-c3ccccc3)n[nH]2)C1. The van der Waals surface area contributed by atoms with Crippen molar-refractivity contribution in [3.05, 3.63) is 36.2 Å². The highest BCUT2D eigenvalue weighted by Crippen LogP contribution is 2.29. The molecule has 0 unspecified atom stereocenters. The molecule has 3 rings (SSSR count). The van der Waals surface area contributed by atoms with Crippen LogP contribution < -0.4 is 5.32 Å². The van der Waals surface area contributed by atoms with Gasteiger partial charge in [0.25, 0.3) is 0 Å². The predicted octanol–water partition coefficient (Wildman–Crippen LogP) is 2.34. The van der Waals surface area contributed by atoms with Crippen LogP contribution >= 0.6 is 0 Å². The van der Waals surface area contributed by atoms with Crippen LogP contribution in [0, 0.1) is 5.92 Å². The monoisotopic (exact) mass is 369 g/mol. The molecule has 2 amide bonds. The topological polar surface area (TPSA) is 91.0 Å². The van der Waals surface area contributed by atoms with Crippen LogP contribution in [-0.2, 0) is 9.59 Å². The Labute approximate surface area is 159 Å². The van der Waals surface area contributed by atoms with Gasteiger partial charge >= 0.3 is 0 Å². The molecule has 0 bridgehead atoms. The first-order valence-corrected chi connectivity index (χ1v) is 9.57. The van der Waals surface area contributed by atoms with E-state index in [1.807, 2.05) is 49.1 Å². The first-order chi connectivity index (χ1) is 13.0. The van der Waals surface area contributed by atoms with Gasteiger partial charge in [-0.05, 0) is 12.8 Å². The van der Waals surface area contributed by atoms with Crippen LogP contribution in [-0.4, -0.2) is 51.0 Å². The molecular formula is C20H27N5O2. The van der Waals surface area contributed by atoms with Gasteiger partial charge < -0.3 is 10.2 Å². The van der Waals surface area contributed by atoms with Crippen LogP contribution in [0.25, 0.3) is 11.4 Å². The van der Waals surface area contributed by atoms with Gasteiger partial charge in [0.15, 0.2) is 5.82 Å². The smallest absolute Gasteiger partial charge is 0.225 e. The Morgan fingerprint density at radius 2 is 1.93 bits per heavy atom. The van der Waals surface area contributed by atoms with E-state index in [0.29, 0.717) is 24.7 Å². The summed E-state index contributed by atoms with van der Waals surface area (Å²) in [5, 5.41) is 10.3. The Kier molecular flexibility index (Phi) is 5.88. The Balaban J connectivity index is 1.82. The molecule has 1 aromatic carbocycles. The largest absolute Gasteiger partial charge is 0.351 e. The van der Waals surface area contributed by atoms with Gasteiger partial charge in [-0.25, -0.2) is 4.98 Å². The second kappa shape index (κ2) is 8.33. The van der Waals surface area contributed by atoms with Crippen molar-refractivity contribution < 1.29 is 9.59 Å². The molecule has 0 saturated carbocycles. The number of H-pyrrole nitrogens is 1. The van der Waals surface area contributed by atoms with E-state index < -0.39 is 0 Å². The van der Waals surface area contributed by atoms with Crippen LogP contribution in [0.4, 0.5) is 0 Å². The Hall–Kier alpha value is -2.70. The van der Waals surface area contributed by atoms with Crippen molar-refractivity contribution in [1.82, 2.24) is 25.4 Å². The van der Waals surface area contributed by atoms with Crippen LogP contribution in [0.15, 0.2) is 30.3 Å². The normalized spacial score (nSPS) is 19.5. The molecule has 0 spiro atoms. The fourth-order valence-electron chi connectivity index (χ4n) is 3.72. The molecule has 2 heterocycles. The van der Waals surface area contributed by atoms with E-state index in [-0.39, 0.29) is 29.7 Å². The molecule has 1 aliphatic rings. The standard InChI is InChI=1S/C20H27N5O2/c1-4-14(5-2)20(27)25-11-16(17(12-25)21-13(3)26)19-22-18(23-24-19)15-9-7-6-8-10-15/h6-10,14,16-17H,4-5,11-12H2,1-3H3,(H,21,26)(H,22,23,24)/t16-,17-/m1/s1. The van der Waals surface area contributed by atoms with Gasteiger partial charge in [0.1, 0.15) is 5.82 Å².